The summed E-state index contributed by atoms with van der Waals surface area (Å²) in [5.41, 5.74) is 1.66. The number of carbonyl (C=O) groups is 1. The Hall–Kier alpha value is -3.20. The number of nitrogens with zero attached hydrogens (tertiary/aromatic N) is 3. The number of hydrogen-bond donors (Lipinski definition) is 0. The van der Waals surface area contributed by atoms with E-state index >= 15 is 0 Å². The predicted molar refractivity (Wildman–Crippen MR) is 86.3 cm³/mol. The summed E-state index contributed by atoms with van der Waals surface area (Å²) in [5, 5.41) is 8.84. The molecule has 0 aliphatic heterocycles. The number of imidazole rings is 1. The monoisotopic (exact) mass is 323 g/mol. The topological polar surface area (TPSA) is 67.9 Å². The van der Waals surface area contributed by atoms with E-state index in [-0.39, 0.29) is 11.3 Å². The second kappa shape index (κ2) is 6.50. The Balaban J connectivity index is 2.09. The number of benzene rings is 1. The van der Waals surface area contributed by atoms with E-state index < -0.39 is 5.82 Å². The van der Waals surface area contributed by atoms with Crippen LogP contribution in [0.15, 0.2) is 42.3 Å². The minimum absolute atomic E-state index is 0.0305. The highest BCUT2D eigenvalue weighted by Gasteiger charge is 2.17. The van der Waals surface area contributed by atoms with Crippen LogP contribution in [0.25, 0.3) is 17.1 Å². The van der Waals surface area contributed by atoms with Crippen LogP contribution in [0.2, 0.25) is 0 Å². The molecule has 1 aromatic carbocycles. The third-order valence-corrected chi connectivity index (χ3v) is 3.85. The number of hydrogen-bond acceptors (Lipinski definition) is 4. The molecule has 2 aromatic rings. The highest BCUT2D eigenvalue weighted by molar-refractivity contribution is 5.76. The lowest BCUT2D eigenvalue weighted by atomic mass is 10.1. The van der Waals surface area contributed by atoms with Crippen LogP contribution in [0.3, 0.4) is 0 Å². The van der Waals surface area contributed by atoms with Gasteiger partial charge in [-0.2, -0.15) is 5.26 Å². The smallest absolute Gasteiger partial charge is 0.170 e. The van der Waals surface area contributed by atoms with Crippen LogP contribution < -0.4 is 0 Å². The standard InChI is InChI=1S/C18H14FN3O2/c1-24-16-6-4-15(5-7-16)22-10-14(11-23)21-18(22)12-2-3-13(9-20)17(19)8-12/h2-4,6,8,10-11H,5,7H2,1H3. The van der Waals surface area contributed by atoms with Crippen molar-refractivity contribution < 1.29 is 13.9 Å². The summed E-state index contributed by atoms with van der Waals surface area (Å²) in [7, 11) is 1.62. The molecule has 5 nitrogen and oxygen atoms in total. The molecule has 0 atom stereocenters. The zero-order chi connectivity index (χ0) is 17.1. The molecule has 0 N–H and O–H groups in total. The van der Waals surface area contributed by atoms with E-state index in [2.05, 4.69) is 4.98 Å². The SMILES string of the molecule is COC1=CC=C(n2cc(C=O)nc2-c2ccc(C#N)c(F)c2)CC1. The van der Waals surface area contributed by atoms with Gasteiger partial charge in [-0.05, 0) is 36.8 Å². The van der Waals surface area contributed by atoms with Crippen molar-refractivity contribution in [1.82, 2.24) is 9.55 Å². The molecule has 3 rings (SSSR count). The Morgan fingerprint density at radius 2 is 2.21 bits per heavy atom. The molecule has 0 bridgehead atoms. The molecule has 0 fully saturated rings. The lowest BCUT2D eigenvalue weighted by Gasteiger charge is -2.16. The first-order chi connectivity index (χ1) is 11.7. The van der Waals surface area contributed by atoms with Gasteiger partial charge in [-0.15, -0.1) is 0 Å². The summed E-state index contributed by atoms with van der Waals surface area (Å²) in [6, 6.07) is 6.07. The highest BCUT2D eigenvalue weighted by atomic mass is 19.1. The maximum Gasteiger partial charge on any atom is 0.170 e. The molecule has 1 aliphatic carbocycles. The van der Waals surface area contributed by atoms with E-state index in [1.54, 1.807) is 30.0 Å². The maximum absolute atomic E-state index is 13.9. The number of methoxy groups -OCH3 is 1. The Morgan fingerprint density at radius 1 is 1.38 bits per heavy atom. The number of aldehydes is 1. The van der Waals surface area contributed by atoms with Crippen molar-refractivity contribution in [2.75, 3.05) is 7.11 Å². The molecule has 0 spiro atoms. The summed E-state index contributed by atoms with van der Waals surface area (Å²) in [6.07, 6.45) is 7.47. The Labute approximate surface area is 138 Å². The van der Waals surface area contributed by atoms with Gasteiger partial charge in [-0.25, -0.2) is 9.37 Å². The fraction of sp³-hybridized carbons (Fsp3) is 0.167. The zero-order valence-corrected chi connectivity index (χ0v) is 13.0. The average Bonchev–Trinajstić information content (AvgIpc) is 3.06. The molecule has 0 saturated heterocycles. The average molecular weight is 323 g/mol. The number of allylic oxidation sites excluding steroid dienone is 4. The van der Waals surface area contributed by atoms with Gasteiger partial charge >= 0.3 is 0 Å². The maximum atomic E-state index is 13.9. The zero-order valence-electron chi connectivity index (χ0n) is 13.0. The van der Waals surface area contributed by atoms with E-state index in [9.17, 15) is 9.18 Å². The van der Waals surface area contributed by atoms with Crippen LogP contribution in [0.4, 0.5) is 4.39 Å². The number of aromatic nitrogens is 2. The summed E-state index contributed by atoms with van der Waals surface area (Å²) in [6.45, 7) is 0. The van der Waals surface area contributed by atoms with E-state index in [0.717, 1.165) is 17.9 Å². The molecular formula is C18H14FN3O2. The molecule has 1 heterocycles. The van der Waals surface area contributed by atoms with Gasteiger partial charge in [0.15, 0.2) is 6.29 Å². The Bertz CT molecular complexity index is 903. The van der Waals surface area contributed by atoms with Crippen LogP contribution in [0, 0.1) is 17.1 Å². The minimum atomic E-state index is -0.614. The third-order valence-electron chi connectivity index (χ3n) is 3.85. The van der Waals surface area contributed by atoms with Gasteiger partial charge in [0.2, 0.25) is 0 Å². The lowest BCUT2D eigenvalue weighted by Crippen LogP contribution is -2.03. The molecule has 1 aromatic heterocycles. The number of carbonyl (C=O) groups excluding carboxylic acids is 1. The largest absolute Gasteiger partial charge is 0.501 e. The van der Waals surface area contributed by atoms with Gasteiger partial charge in [0.25, 0.3) is 0 Å². The quantitative estimate of drug-likeness (QED) is 0.807. The molecule has 120 valence electrons. The molecule has 0 saturated carbocycles. The summed E-state index contributed by atoms with van der Waals surface area (Å²) in [4.78, 5) is 15.4. The molecule has 0 radical (unpaired) electrons. The molecule has 24 heavy (non-hydrogen) atoms. The van der Waals surface area contributed by atoms with Gasteiger partial charge in [-0.3, -0.25) is 4.79 Å². The van der Waals surface area contributed by atoms with Crippen LogP contribution in [0.1, 0.15) is 28.9 Å². The number of halogens is 1. The normalized spacial score (nSPS) is 13.7. The van der Waals surface area contributed by atoms with Gasteiger partial charge in [0.05, 0.1) is 18.4 Å². The molecule has 0 amide bonds. The molecule has 6 heteroatoms. The second-order valence-corrected chi connectivity index (χ2v) is 5.28. The fourth-order valence-corrected chi connectivity index (χ4v) is 2.60. The lowest BCUT2D eigenvalue weighted by molar-refractivity contribution is 0.111. The molecule has 0 unspecified atom stereocenters. The first-order valence-corrected chi connectivity index (χ1v) is 7.35. The summed E-state index contributed by atoms with van der Waals surface area (Å²) in [5.74, 6) is 0.720. The van der Waals surface area contributed by atoms with E-state index in [0.29, 0.717) is 24.1 Å². The van der Waals surface area contributed by atoms with Gasteiger partial charge in [-0.1, -0.05) is 0 Å². The first kappa shape index (κ1) is 15.7. The minimum Gasteiger partial charge on any atom is -0.501 e. The number of rotatable bonds is 4. The van der Waals surface area contributed by atoms with Crippen molar-refractivity contribution in [1.29, 1.82) is 5.26 Å². The van der Waals surface area contributed by atoms with Crippen molar-refractivity contribution in [3.8, 4) is 17.5 Å². The Kier molecular flexibility index (Phi) is 4.25. The van der Waals surface area contributed by atoms with Gasteiger partial charge in [0, 0.05) is 23.9 Å². The van der Waals surface area contributed by atoms with Crippen molar-refractivity contribution >= 4 is 12.0 Å². The van der Waals surface area contributed by atoms with Gasteiger partial charge in [0.1, 0.15) is 23.4 Å². The van der Waals surface area contributed by atoms with Crippen molar-refractivity contribution in [2.24, 2.45) is 0 Å². The van der Waals surface area contributed by atoms with Crippen molar-refractivity contribution in [3.63, 3.8) is 0 Å². The van der Waals surface area contributed by atoms with Gasteiger partial charge < -0.3 is 9.30 Å². The predicted octanol–water partition coefficient (Wildman–Crippen LogP) is 3.54. The Morgan fingerprint density at radius 3 is 2.79 bits per heavy atom. The number of nitriles is 1. The van der Waals surface area contributed by atoms with Crippen LogP contribution in [-0.2, 0) is 4.74 Å². The van der Waals surface area contributed by atoms with Crippen molar-refractivity contribution in [3.05, 3.63) is 59.4 Å². The van der Waals surface area contributed by atoms with Crippen molar-refractivity contribution in [2.45, 2.75) is 12.8 Å². The number of ether oxygens (including phenoxy) is 1. The highest BCUT2D eigenvalue weighted by Crippen LogP contribution is 2.29. The first-order valence-electron chi connectivity index (χ1n) is 7.35. The summed E-state index contributed by atoms with van der Waals surface area (Å²) < 4.78 is 20.9. The van der Waals surface area contributed by atoms with E-state index in [1.807, 2.05) is 12.2 Å². The fourth-order valence-electron chi connectivity index (χ4n) is 2.60. The molecule has 1 aliphatic rings. The van der Waals surface area contributed by atoms with Crippen LogP contribution in [-0.4, -0.2) is 22.9 Å². The third kappa shape index (κ3) is 2.84. The van der Waals surface area contributed by atoms with Crippen LogP contribution >= 0.6 is 0 Å². The van der Waals surface area contributed by atoms with E-state index in [1.165, 1.54) is 12.1 Å². The second-order valence-electron chi connectivity index (χ2n) is 5.28. The summed E-state index contributed by atoms with van der Waals surface area (Å²) >= 11 is 0. The van der Waals surface area contributed by atoms with E-state index in [4.69, 9.17) is 10.00 Å². The molecular weight excluding hydrogens is 309 g/mol. The van der Waals surface area contributed by atoms with Crippen LogP contribution in [0.5, 0.6) is 0 Å².